The summed E-state index contributed by atoms with van der Waals surface area (Å²) >= 11 is 1.31. The van der Waals surface area contributed by atoms with Crippen molar-refractivity contribution in [2.45, 2.75) is 25.8 Å². The number of fused-ring (bicyclic) bond motifs is 1. The molecular weight excluding hydrogens is 327 g/mol. The molecule has 0 aliphatic rings. The molecule has 0 unspecified atom stereocenters. The number of imidazole rings is 1. The second-order valence-electron chi connectivity index (χ2n) is 4.88. The van der Waals surface area contributed by atoms with E-state index in [0.29, 0.717) is 21.9 Å². The predicted octanol–water partition coefficient (Wildman–Crippen LogP) is 2.66. The van der Waals surface area contributed by atoms with Gasteiger partial charge in [0.25, 0.3) is 10.0 Å². The number of nitrogens with zero attached hydrogens (tertiary/aromatic N) is 3. The highest BCUT2D eigenvalue weighted by Gasteiger charge is 2.26. The molecule has 0 radical (unpaired) electrons. The van der Waals surface area contributed by atoms with Gasteiger partial charge in [-0.1, -0.05) is 11.3 Å². The quantitative estimate of drug-likeness (QED) is 0.795. The fourth-order valence-electron chi connectivity index (χ4n) is 2.17. The maximum Gasteiger partial charge on any atom is 0.281 e. The van der Waals surface area contributed by atoms with Gasteiger partial charge in [-0.25, -0.2) is 9.37 Å². The van der Waals surface area contributed by atoms with Crippen molar-refractivity contribution >= 4 is 32.0 Å². The number of aryl methyl sites for hydroxylation is 3. The van der Waals surface area contributed by atoms with Crippen LogP contribution in [0.2, 0.25) is 0 Å². The molecule has 0 atom stereocenters. The van der Waals surface area contributed by atoms with E-state index in [-0.39, 0.29) is 5.03 Å². The van der Waals surface area contributed by atoms with Crippen molar-refractivity contribution in [3.05, 3.63) is 40.3 Å². The molecule has 3 aromatic rings. The molecule has 1 aromatic carbocycles. The van der Waals surface area contributed by atoms with Gasteiger partial charge in [-0.3, -0.25) is 4.72 Å². The van der Waals surface area contributed by atoms with Gasteiger partial charge in [0, 0.05) is 0 Å². The van der Waals surface area contributed by atoms with E-state index in [1.165, 1.54) is 34.1 Å². The zero-order chi connectivity index (χ0) is 16.1. The third kappa shape index (κ3) is 2.46. The first kappa shape index (κ1) is 14.9. The van der Waals surface area contributed by atoms with Gasteiger partial charge in [0.05, 0.1) is 11.4 Å². The van der Waals surface area contributed by atoms with Gasteiger partial charge in [0.2, 0.25) is 9.99 Å². The highest BCUT2D eigenvalue weighted by Crippen LogP contribution is 2.25. The Hall–Kier alpha value is -2.00. The molecule has 2 heterocycles. The minimum atomic E-state index is -3.88. The van der Waals surface area contributed by atoms with Crippen LogP contribution in [0.25, 0.3) is 4.96 Å². The van der Waals surface area contributed by atoms with Gasteiger partial charge in [-0.05, 0) is 44.5 Å². The van der Waals surface area contributed by atoms with Crippen LogP contribution in [0.1, 0.15) is 16.3 Å². The molecule has 0 fully saturated rings. The summed E-state index contributed by atoms with van der Waals surface area (Å²) in [5.74, 6) is -0.418. The second-order valence-corrected chi connectivity index (χ2v) is 7.64. The molecule has 0 bridgehead atoms. The predicted molar refractivity (Wildman–Crippen MR) is 82.3 cm³/mol. The summed E-state index contributed by atoms with van der Waals surface area (Å²) < 4.78 is 42.2. The monoisotopic (exact) mass is 340 g/mol. The van der Waals surface area contributed by atoms with Crippen molar-refractivity contribution in [1.29, 1.82) is 0 Å². The third-order valence-electron chi connectivity index (χ3n) is 3.11. The molecule has 22 heavy (non-hydrogen) atoms. The Bertz CT molecular complexity index is 976. The molecule has 0 amide bonds. The van der Waals surface area contributed by atoms with Crippen LogP contribution in [-0.2, 0) is 10.0 Å². The number of benzene rings is 1. The number of anilines is 1. The molecule has 0 saturated carbocycles. The minimum absolute atomic E-state index is 0.00410. The molecule has 6 nitrogen and oxygen atoms in total. The van der Waals surface area contributed by atoms with E-state index in [1.54, 1.807) is 20.8 Å². The number of rotatable bonds is 3. The van der Waals surface area contributed by atoms with Crippen molar-refractivity contribution in [2.75, 3.05) is 4.72 Å². The molecule has 0 aliphatic heterocycles. The van der Waals surface area contributed by atoms with E-state index in [0.717, 1.165) is 5.01 Å². The lowest BCUT2D eigenvalue weighted by Gasteiger charge is -2.10. The lowest BCUT2D eigenvalue weighted by atomic mass is 10.2. The Morgan fingerprint density at radius 2 is 2.00 bits per heavy atom. The molecule has 116 valence electrons. The van der Waals surface area contributed by atoms with Crippen molar-refractivity contribution in [1.82, 2.24) is 14.6 Å². The van der Waals surface area contributed by atoms with Crippen LogP contribution in [0.4, 0.5) is 10.1 Å². The lowest BCUT2D eigenvalue weighted by molar-refractivity contribution is 0.592. The Balaban J connectivity index is 2.10. The average molecular weight is 340 g/mol. The van der Waals surface area contributed by atoms with Gasteiger partial charge in [-0.2, -0.15) is 18.0 Å². The first-order valence-corrected chi connectivity index (χ1v) is 8.69. The third-order valence-corrected chi connectivity index (χ3v) is 5.40. The zero-order valence-corrected chi connectivity index (χ0v) is 13.7. The number of hydrogen-bond donors (Lipinski definition) is 1. The first-order valence-electron chi connectivity index (χ1n) is 6.39. The van der Waals surface area contributed by atoms with E-state index >= 15 is 0 Å². The molecule has 0 spiro atoms. The van der Waals surface area contributed by atoms with E-state index in [9.17, 15) is 12.8 Å². The first-order chi connectivity index (χ1) is 10.3. The van der Waals surface area contributed by atoms with Gasteiger partial charge < -0.3 is 0 Å². The topological polar surface area (TPSA) is 76.4 Å². The van der Waals surface area contributed by atoms with Crippen molar-refractivity contribution < 1.29 is 12.8 Å². The largest absolute Gasteiger partial charge is 0.281 e. The number of nitrogens with one attached hydrogen (secondary N) is 1. The SMILES string of the molecule is Cc1nn2c(S(=O)(=O)Nc3ccc(F)cc3C)c(C)nc2s1. The number of halogens is 1. The van der Waals surface area contributed by atoms with Crippen LogP contribution in [0.3, 0.4) is 0 Å². The molecular formula is C13H13FN4O2S2. The van der Waals surface area contributed by atoms with E-state index in [4.69, 9.17) is 0 Å². The highest BCUT2D eigenvalue weighted by atomic mass is 32.2. The minimum Gasteiger partial charge on any atom is -0.278 e. The highest BCUT2D eigenvalue weighted by molar-refractivity contribution is 7.92. The number of hydrogen-bond acceptors (Lipinski definition) is 5. The Morgan fingerprint density at radius 1 is 1.27 bits per heavy atom. The Labute approximate surface area is 130 Å². The Kier molecular flexibility index (Phi) is 3.41. The number of sulfonamides is 1. The van der Waals surface area contributed by atoms with Crippen molar-refractivity contribution in [3.63, 3.8) is 0 Å². The summed E-state index contributed by atoms with van der Waals surface area (Å²) in [4.78, 5) is 4.74. The van der Waals surface area contributed by atoms with Gasteiger partial charge in [0.15, 0.2) is 0 Å². The van der Waals surface area contributed by atoms with E-state index < -0.39 is 15.8 Å². The van der Waals surface area contributed by atoms with Crippen LogP contribution in [0.15, 0.2) is 23.2 Å². The van der Waals surface area contributed by atoms with Crippen LogP contribution >= 0.6 is 11.3 Å². The smallest absolute Gasteiger partial charge is 0.278 e. The van der Waals surface area contributed by atoms with Gasteiger partial charge >= 0.3 is 0 Å². The summed E-state index contributed by atoms with van der Waals surface area (Å²) in [5, 5.41) is 4.89. The van der Waals surface area contributed by atoms with E-state index in [2.05, 4.69) is 14.8 Å². The summed E-state index contributed by atoms with van der Waals surface area (Å²) in [6.45, 7) is 5.03. The fourth-order valence-corrected chi connectivity index (χ4v) is 4.42. The van der Waals surface area contributed by atoms with Crippen LogP contribution in [0.5, 0.6) is 0 Å². The van der Waals surface area contributed by atoms with Crippen LogP contribution < -0.4 is 4.72 Å². The zero-order valence-electron chi connectivity index (χ0n) is 12.1. The maximum atomic E-state index is 13.1. The summed E-state index contributed by atoms with van der Waals surface area (Å²) in [7, 11) is -3.88. The second kappa shape index (κ2) is 5.03. The molecule has 1 N–H and O–H groups in total. The van der Waals surface area contributed by atoms with Gasteiger partial charge in [-0.15, -0.1) is 0 Å². The van der Waals surface area contributed by atoms with Crippen molar-refractivity contribution in [3.8, 4) is 0 Å². The standard InChI is InChI=1S/C13H13FN4O2S2/c1-7-6-10(14)4-5-11(7)17-22(19,20)12-8(2)15-13-18(12)16-9(3)21-13/h4-6,17H,1-3H3. The molecule has 0 saturated heterocycles. The molecule has 9 heteroatoms. The van der Waals surface area contributed by atoms with Gasteiger partial charge in [0.1, 0.15) is 10.8 Å². The summed E-state index contributed by atoms with van der Waals surface area (Å²) in [5.41, 5.74) is 1.19. The van der Waals surface area contributed by atoms with Crippen molar-refractivity contribution in [2.24, 2.45) is 0 Å². The summed E-state index contributed by atoms with van der Waals surface area (Å²) in [6.07, 6.45) is 0. The fraction of sp³-hybridized carbons (Fsp3) is 0.231. The lowest BCUT2D eigenvalue weighted by Crippen LogP contribution is -2.17. The maximum absolute atomic E-state index is 13.1. The number of aromatic nitrogens is 3. The molecule has 3 rings (SSSR count). The molecule has 2 aromatic heterocycles. The average Bonchev–Trinajstić information content (AvgIpc) is 2.86. The Morgan fingerprint density at radius 3 is 2.68 bits per heavy atom. The van der Waals surface area contributed by atoms with E-state index in [1.807, 2.05) is 0 Å². The molecule has 0 aliphatic carbocycles. The summed E-state index contributed by atoms with van der Waals surface area (Å²) in [6, 6.07) is 3.86. The van der Waals surface area contributed by atoms with Crippen LogP contribution in [0, 0.1) is 26.6 Å². The van der Waals surface area contributed by atoms with Crippen LogP contribution in [-0.4, -0.2) is 23.0 Å². The normalized spacial score (nSPS) is 12.0.